The van der Waals surface area contributed by atoms with Crippen molar-refractivity contribution in [2.45, 2.75) is 117 Å². The molecular formula is C23H39NO8. The predicted molar refractivity (Wildman–Crippen MR) is 117 cm³/mol. The number of nitrogens with zero attached hydrogens (tertiary/aromatic N) is 1. The maximum atomic E-state index is 13.1. The molecule has 1 rings (SSSR count). The second-order valence-corrected chi connectivity index (χ2v) is 10.1. The van der Waals surface area contributed by atoms with E-state index in [0.29, 0.717) is 19.3 Å². The molecule has 0 spiro atoms. The monoisotopic (exact) mass is 457 g/mol. The summed E-state index contributed by atoms with van der Waals surface area (Å²) >= 11 is 0. The lowest BCUT2D eigenvalue weighted by Gasteiger charge is -2.32. The predicted octanol–water partition coefficient (Wildman–Crippen LogP) is 4.40. The maximum absolute atomic E-state index is 13.1. The van der Waals surface area contributed by atoms with E-state index in [1.807, 2.05) is 0 Å². The second-order valence-electron chi connectivity index (χ2n) is 10.1. The van der Waals surface area contributed by atoms with Crippen molar-refractivity contribution >= 4 is 23.9 Å². The first kappa shape index (κ1) is 27.9. The highest BCUT2D eigenvalue weighted by Gasteiger charge is 2.42. The molecule has 0 aliphatic carbocycles. The number of Topliss-reactive ketones (excluding diaryl/α,β-unsaturated/α-hetero) is 1. The molecule has 32 heavy (non-hydrogen) atoms. The molecule has 1 fully saturated rings. The molecule has 0 saturated carbocycles. The van der Waals surface area contributed by atoms with Crippen LogP contribution < -0.4 is 0 Å². The number of esters is 1. The third-order valence-electron chi connectivity index (χ3n) is 4.59. The van der Waals surface area contributed by atoms with Gasteiger partial charge in [0.1, 0.15) is 29.1 Å². The Kier molecular flexibility index (Phi) is 10.1. The SMILES string of the molecule is CC(=O)CCOC1CCCC[C@H](N(C(=O)OC(C)(C)C)C(=O)OC(C)(C)C)C(=O)OC1C. The molecule has 0 aromatic rings. The molecule has 1 heterocycles. The van der Waals surface area contributed by atoms with Gasteiger partial charge < -0.3 is 18.9 Å². The second kappa shape index (κ2) is 11.6. The highest BCUT2D eigenvalue weighted by Crippen LogP contribution is 2.24. The summed E-state index contributed by atoms with van der Waals surface area (Å²) in [5, 5.41) is 0. The molecular weight excluding hydrogens is 418 g/mol. The maximum Gasteiger partial charge on any atom is 0.420 e. The number of amides is 2. The Morgan fingerprint density at radius 2 is 1.47 bits per heavy atom. The van der Waals surface area contributed by atoms with Crippen molar-refractivity contribution in [3.8, 4) is 0 Å². The van der Waals surface area contributed by atoms with E-state index in [1.165, 1.54) is 6.92 Å². The molecule has 3 atom stereocenters. The average molecular weight is 458 g/mol. The minimum absolute atomic E-state index is 0.0168. The van der Waals surface area contributed by atoms with Gasteiger partial charge in [0.25, 0.3) is 0 Å². The van der Waals surface area contributed by atoms with Crippen LogP contribution in [0.1, 0.15) is 87.5 Å². The number of carbonyl (C=O) groups excluding carboxylic acids is 4. The molecule has 1 aliphatic heterocycles. The number of carbonyl (C=O) groups is 4. The Hall–Kier alpha value is -2.16. The molecule has 0 bridgehead atoms. The van der Waals surface area contributed by atoms with Gasteiger partial charge in [0.05, 0.1) is 12.7 Å². The van der Waals surface area contributed by atoms with Gasteiger partial charge in [-0.25, -0.2) is 14.4 Å². The van der Waals surface area contributed by atoms with Crippen LogP contribution >= 0.6 is 0 Å². The Balaban J connectivity index is 3.10. The number of cyclic esters (lactones) is 1. The van der Waals surface area contributed by atoms with E-state index in [1.54, 1.807) is 48.5 Å². The van der Waals surface area contributed by atoms with E-state index in [2.05, 4.69) is 0 Å². The molecule has 2 amide bonds. The summed E-state index contributed by atoms with van der Waals surface area (Å²) in [5.41, 5.74) is -1.74. The Morgan fingerprint density at radius 3 is 1.94 bits per heavy atom. The Morgan fingerprint density at radius 1 is 0.969 bits per heavy atom. The molecule has 9 heteroatoms. The molecule has 0 radical (unpaired) electrons. The number of hydrogen-bond donors (Lipinski definition) is 0. The summed E-state index contributed by atoms with van der Waals surface area (Å²) in [6, 6.07) is -1.18. The van der Waals surface area contributed by atoms with Gasteiger partial charge in [0, 0.05) is 6.42 Å². The van der Waals surface area contributed by atoms with Crippen LogP contribution in [0.5, 0.6) is 0 Å². The van der Waals surface area contributed by atoms with Gasteiger partial charge in [-0.15, -0.1) is 0 Å². The van der Waals surface area contributed by atoms with Crippen molar-refractivity contribution in [3.63, 3.8) is 0 Å². The van der Waals surface area contributed by atoms with Crippen LogP contribution in [0.2, 0.25) is 0 Å². The number of rotatable bonds is 5. The smallest absolute Gasteiger partial charge is 0.420 e. The van der Waals surface area contributed by atoms with Gasteiger partial charge >= 0.3 is 18.2 Å². The van der Waals surface area contributed by atoms with Gasteiger partial charge in [0.2, 0.25) is 0 Å². The van der Waals surface area contributed by atoms with E-state index < -0.39 is 41.5 Å². The van der Waals surface area contributed by atoms with Crippen molar-refractivity contribution in [1.82, 2.24) is 4.90 Å². The van der Waals surface area contributed by atoms with Crippen LogP contribution in [-0.4, -0.2) is 64.9 Å². The van der Waals surface area contributed by atoms with E-state index in [0.717, 1.165) is 4.90 Å². The summed E-state index contributed by atoms with van der Waals surface area (Å²) in [7, 11) is 0. The minimum atomic E-state index is -1.18. The quantitative estimate of drug-likeness (QED) is 0.441. The van der Waals surface area contributed by atoms with Crippen molar-refractivity contribution in [3.05, 3.63) is 0 Å². The topological polar surface area (TPSA) is 108 Å². The average Bonchev–Trinajstić information content (AvgIpc) is 2.63. The van der Waals surface area contributed by atoms with E-state index in [9.17, 15) is 19.2 Å². The molecule has 0 N–H and O–H groups in total. The van der Waals surface area contributed by atoms with Crippen LogP contribution in [0.4, 0.5) is 9.59 Å². The third-order valence-corrected chi connectivity index (χ3v) is 4.59. The summed E-state index contributed by atoms with van der Waals surface area (Å²) in [5.74, 6) is -0.709. The highest BCUT2D eigenvalue weighted by molar-refractivity contribution is 5.94. The Bertz CT molecular complexity index is 648. The van der Waals surface area contributed by atoms with Crippen LogP contribution in [0.25, 0.3) is 0 Å². The van der Waals surface area contributed by atoms with E-state index in [-0.39, 0.29) is 31.3 Å². The van der Waals surface area contributed by atoms with Crippen molar-refractivity contribution in [1.29, 1.82) is 0 Å². The summed E-state index contributed by atoms with van der Waals surface area (Å²) in [4.78, 5) is 50.8. The summed E-state index contributed by atoms with van der Waals surface area (Å²) < 4.78 is 22.1. The van der Waals surface area contributed by atoms with E-state index >= 15 is 0 Å². The summed E-state index contributed by atoms with van der Waals surface area (Å²) in [6.45, 7) is 13.5. The largest absolute Gasteiger partial charge is 0.458 e. The lowest BCUT2D eigenvalue weighted by molar-refractivity contribution is -0.162. The Labute approximate surface area is 191 Å². The first-order valence-electron chi connectivity index (χ1n) is 11.2. The molecule has 9 nitrogen and oxygen atoms in total. The van der Waals surface area contributed by atoms with Crippen molar-refractivity contribution in [2.24, 2.45) is 0 Å². The van der Waals surface area contributed by atoms with Gasteiger partial charge in [-0.3, -0.25) is 4.79 Å². The van der Waals surface area contributed by atoms with Gasteiger partial charge in [0.15, 0.2) is 0 Å². The zero-order valence-electron chi connectivity index (χ0n) is 20.7. The fourth-order valence-electron chi connectivity index (χ4n) is 3.13. The van der Waals surface area contributed by atoms with Crippen molar-refractivity contribution in [2.75, 3.05) is 6.61 Å². The van der Waals surface area contributed by atoms with E-state index in [4.69, 9.17) is 18.9 Å². The number of hydrogen-bond acceptors (Lipinski definition) is 8. The lowest BCUT2D eigenvalue weighted by atomic mass is 10.0. The van der Waals surface area contributed by atoms with Crippen LogP contribution in [0.15, 0.2) is 0 Å². The van der Waals surface area contributed by atoms with Crippen LogP contribution in [-0.2, 0) is 28.5 Å². The normalized spacial score (nSPS) is 22.6. The fraction of sp³-hybridized carbons (Fsp3) is 0.826. The first-order valence-corrected chi connectivity index (χ1v) is 11.2. The molecule has 0 aromatic heterocycles. The van der Waals surface area contributed by atoms with Crippen LogP contribution in [0, 0.1) is 0 Å². The van der Waals surface area contributed by atoms with Gasteiger partial charge in [-0.2, -0.15) is 4.90 Å². The van der Waals surface area contributed by atoms with Gasteiger partial charge in [-0.05, 0) is 68.2 Å². The van der Waals surface area contributed by atoms with Crippen LogP contribution in [0.3, 0.4) is 0 Å². The lowest BCUT2D eigenvalue weighted by Crippen LogP contribution is -2.53. The highest BCUT2D eigenvalue weighted by atomic mass is 16.6. The number of imide groups is 1. The first-order chi connectivity index (χ1) is 14.6. The fourth-order valence-corrected chi connectivity index (χ4v) is 3.13. The molecule has 0 aromatic carbocycles. The molecule has 1 aliphatic rings. The van der Waals surface area contributed by atoms with Gasteiger partial charge in [-0.1, -0.05) is 12.8 Å². The van der Waals surface area contributed by atoms with Crippen molar-refractivity contribution < 1.29 is 38.1 Å². The molecule has 1 saturated heterocycles. The third kappa shape index (κ3) is 9.97. The summed E-state index contributed by atoms with van der Waals surface area (Å²) in [6.07, 6.45) is -0.556. The number of ketones is 1. The minimum Gasteiger partial charge on any atom is -0.458 e. The zero-order valence-corrected chi connectivity index (χ0v) is 20.7. The molecule has 2 unspecified atom stereocenters. The number of ether oxygens (including phenoxy) is 4. The zero-order chi connectivity index (χ0) is 24.7. The molecule has 184 valence electrons. The standard InChI is InChI=1S/C23H39NO8/c1-15(25)13-14-29-18-12-10-9-11-17(19(26)30-16(18)2)24(20(27)31-22(3,4)5)21(28)32-23(6,7)8/h16-18H,9-14H2,1-8H3/t16?,17-,18?/m0/s1.